The SMILES string of the molecule is CN(Cc1ccccc1)Cc1c(-c2ccc(NC(=O)N(C)O)cc2)sc2c1c(=O)n(-c1ccccc1)c(=O)n2Cc1c(F)cccc1F. The molecule has 6 aromatic rings. The van der Waals surface area contributed by atoms with Crippen molar-refractivity contribution in [3.05, 3.63) is 152 Å². The molecule has 48 heavy (non-hydrogen) atoms. The number of amides is 2. The van der Waals surface area contributed by atoms with Crippen molar-refractivity contribution in [2.75, 3.05) is 19.4 Å². The van der Waals surface area contributed by atoms with Gasteiger partial charge < -0.3 is 5.32 Å². The van der Waals surface area contributed by atoms with Crippen molar-refractivity contribution in [2.24, 2.45) is 0 Å². The first-order valence-electron chi connectivity index (χ1n) is 15.0. The van der Waals surface area contributed by atoms with E-state index in [4.69, 9.17) is 0 Å². The van der Waals surface area contributed by atoms with Crippen LogP contribution in [0.15, 0.2) is 113 Å². The van der Waals surface area contributed by atoms with Crippen LogP contribution in [0.3, 0.4) is 0 Å². The average molecular weight is 668 g/mol. The lowest BCUT2D eigenvalue weighted by Gasteiger charge is -2.18. The van der Waals surface area contributed by atoms with Gasteiger partial charge in [-0.25, -0.2) is 28.0 Å². The lowest BCUT2D eigenvalue weighted by Crippen LogP contribution is -2.39. The van der Waals surface area contributed by atoms with Gasteiger partial charge >= 0.3 is 11.7 Å². The molecule has 0 unspecified atom stereocenters. The number of urea groups is 1. The lowest BCUT2D eigenvalue weighted by atomic mass is 10.1. The van der Waals surface area contributed by atoms with Crippen LogP contribution < -0.4 is 16.6 Å². The Morgan fingerprint density at radius 1 is 0.812 bits per heavy atom. The van der Waals surface area contributed by atoms with E-state index in [1.807, 2.05) is 42.3 Å². The number of halogens is 2. The van der Waals surface area contributed by atoms with Gasteiger partial charge in [-0.15, -0.1) is 11.3 Å². The van der Waals surface area contributed by atoms with Gasteiger partial charge in [0.25, 0.3) is 5.56 Å². The molecule has 0 spiro atoms. The highest BCUT2D eigenvalue weighted by Gasteiger charge is 2.25. The van der Waals surface area contributed by atoms with Crippen LogP contribution in [-0.4, -0.2) is 44.4 Å². The molecule has 6 rings (SSSR count). The Labute approximate surface area is 278 Å². The number of thiophene rings is 1. The summed E-state index contributed by atoms with van der Waals surface area (Å²) in [6.07, 6.45) is 0. The second kappa shape index (κ2) is 13.7. The molecule has 2 N–H and O–H groups in total. The third-order valence-electron chi connectivity index (χ3n) is 7.88. The van der Waals surface area contributed by atoms with Gasteiger partial charge in [0.2, 0.25) is 0 Å². The minimum Gasteiger partial charge on any atom is -0.306 e. The molecule has 0 radical (unpaired) electrons. The highest BCUT2D eigenvalue weighted by molar-refractivity contribution is 7.22. The number of hydroxylamine groups is 2. The molecule has 4 aromatic carbocycles. The quantitative estimate of drug-likeness (QED) is 0.132. The summed E-state index contributed by atoms with van der Waals surface area (Å²) in [5.41, 5.74) is 1.55. The molecule has 0 aliphatic carbocycles. The van der Waals surface area contributed by atoms with Crippen LogP contribution in [0.2, 0.25) is 0 Å². The predicted molar refractivity (Wildman–Crippen MR) is 183 cm³/mol. The van der Waals surface area contributed by atoms with Crippen LogP contribution in [0.5, 0.6) is 0 Å². The van der Waals surface area contributed by atoms with Gasteiger partial charge in [0.15, 0.2) is 0 Å². The van der Waals surface area contributed by atoms with Crippen molar-refractivity contribution in [3.63, 3.8) is 0 Å². The summed E-state index contributed by atoms with van der Waals surface area (Å²) >= 11 is 1.18. The van der Waals surface area contributed by atoms with Crippen LogP contribution in [0, 0.1) is 11.6 Å². The molecule has 2 aromatic heterocycles. The van der Waals surface area contributed by atoms with Gasteiger partial charge in [-0.05, 0) is 60.1 Å². The molecule has 2 amide bonds. The number of anilines is 1. The third kappa shape index (κ3) is 6.54. The number of hydrogen-bond acceptors (Lipinski definition) is 6. The summed E-state index contributed by atoms with van der Waals surface area (Å²) in [6.45, 7) is 0.415. The van der Waals surface area contributed by atoms with E-state index >= 15 is 8.78 Å². The van der Waals surface area contributed by atoms with Gasteiger partial charge in [-0.3, -0.25) is 19.5 Å². The summed E-state index contributed by atoms with van der Waals surface area (Å²) in [4.78, 5) is 43.6. The third-order valence-corrected chi connectivity index (χ3v) is 9.18. The topological polar surface area (TPSA) is 99.8 Å². The lowest BCUT2D eigenvalue weighted by molar-refractivity contribution is -0.0118. The number of rotatable bonds is 9. The number of fused-ring (bicyclic) bond motifs is 1. The summed E-state index contributed by atoms with van der Waals surface area (Å²) in [7, 11) is 3.12. The maximum atomic E-state index is 15.0. The number of para-hydroxylation sites is 1. The molecule has 12 heteroatoms. The Hall–Kier alpha value is -5.43. The minimum atomic E-state index is -0.807. The van der Waals surface area contributed by atoms with E-state index in [9.17, 15) is 19.6 Å². The number of nitrogens with zero attached hydrogens (tertiary/aromatic N) is 4. The molecular weight excluding hydrogens is 636 g/mol. The molecule has 0 atom stereocenters. The zero-order valence-corrected chi connectivity index (χ0v) is 26.9. The van der Waals surface area contributed by atoms with Gasteiger partial charge in [-0.2, -0.15) is 0 Å². The number of benzene rings is 4. The van der Waals surface area contributed by atoms with E-state index in [2.05, 4.69) is 5.32 Å². The van der Waals surface area contributed by atoms with Crippen LogP contribution in [-0.2, 0) is 19.6 Å². The van der Waals surface area contributed by atoms with E-state index in [-0.39, 0.29) is 15.8 Å². The van der Waals surface area contributed by atoms with E-state index < -0.39 is 35.5 Å². The first kappa shape index (κ1) is 32.5. The largest absolute Gasteiger partial charge is 0.345 e. The molecule has 0 bridgehead atoms. The van der Waals surface area contributed by atoms with Gasteiger partial charge in [0.05, 0.1) is 17.6 Å². The summed E-state index contributed by atoms with van der Waals surface area (Å²) in [5, 5.41) is 12.7. The van der Waals surface area contributed by atoms with Crippen LogP contribution in [0.25, 0.3) is 26.3 Å². The zero-order valence-electron chi connectivity index (χ0n) is 26.1. The van der Waals surface area contributed by atoms with Gasteiger partial charge in [-0.1, -0.05) is 66.7 Å². The smallest absolute Gasteiger partial charge is 0.306 e. The number of hydrogen-bond donors (Lipinski definition) is 2. The van der Waals surface area contributed by atoms with E-state index in [0.717, 1.165) is 22.3 Å². The monoisotopic (exact) mass is 667 g/mol. The Morgan fingerprint density at radius 2 is 1.44 bits per heavy atom. The van der Waals surface area contributed by atoms with Crippen molar-refractivity contribution >= 4 is 33.3 Å². The van der Waals surface area contributed by atoms with Crippen LogP contribution in [0.4, 0.5) is 19.3 Å². The van der Waals surface area contributed by atoms with Crippen molar-refractivity contribution in [1.82, 2.24) is 19.1 Å². The van der Waals surface area contributed by atoms with Gasteiger partial charge in [0.1, 0.15) is 16.5 Å². The normalized spacial score (nSPS) is 11.3. The van der Waals surface area contributed by atoms with Crippen molar-refractivity contribution in [1.29, 1.82) is 0 Å². The number of carbonyl (C=O) groups is 1. The molecule has 0 saturated carbocycles. The van der Waals surface area contributed by atoms with Crippen LogP contribution in [0.1, 0.15) is 16.7 Å². The number of aromatic nitrogens is 2. The fourth-order valence-electron chi connectivity index (χ4n) is 5.57. The van der Waals surface area contributed by atoms with E-state index in [0.29, 0.717) is 45.5 Å². The first-order valence-corrected chi connectivity index (χ1v) is 15.8. The predicted octanol–water partition coefficient (Wildman–Crippen LogP) is 6.69. The van der Waals surface area contributed by atoms with Crippen molar-refractivity contribution < 1.29 is 18.8 Å². The van der Waals surface area contributed by atoms with Crippen molar-refractivity contribution in [3.8, 4) is 16.1 Å². The number of carbonyl (C=O) groups excluding carboxylic acids is 1. The fraction of sp³-hybridized carbons (Fsp3) is 0.139. The highest BCUT2D eigenvalue weighted by atomic mass is 32.1. The van der Waals surface area contributed by atoms with Gasteiger partial charge in [0, 0.05) is 36.3 Å². The molecule has 0 fully saturated rings. The molecule has 244 valence electrons. The minimum absolute atomic E-state index is 0.259. The van der Waals surface area contributed by atoms with Crippen LogP contribution >= 0.6 is 11.3 Å². The Bertz CT molecular complexity index is 2200. The van der Waals surface area contributed by atoms with Crippen molar-refractivity contribution in [2.45, 2.75) is 19.6 Å². The average Bonchev–Trinajstić information content (AvgIpc) is 3.44. The van der Waals surface area contributed by atoms with E-state index in [1.54, 1.807) is 54.6 Å². The maximum Gasteiger partial charge on any atom is 0.345 e. The standard InChI is InChI=1S/C36H31F2N5O4S/c1-40(20-23-10-5-3-6-11-23)21-28-31-33(44)43(26-12-7-4-8-13-26)36(46)42(22-27-29(37)14-9-15-30(27)38)34(31)48-32(28)24-16-18-25(19-17-24)39-35(45)41(2)47/h3-19,47H,20-22H2,1-2H3,(H,39,45). The maximum absolute atomic E-state index is 15.0. The summed E-state index contributed by atoms with van der Waals surface area (Å²) in [6, 6.07) is 27.9. The second-order valence-electron chi connectivity index (χ2n) is 11.3. The molecular formula is C36H31F2N5O4S. The summed E-state index contributed by atoms with van der Waals surface area (Å²) in [5.74, 6) is -1.61. The fourth-order valence-corrected chi connectivity index (χ4v) is 6.87. The molecule has 0 aliphatic rings. The molecule has 0 saturated heterocycles. The Kier molecular flexibility index (Phi) is 9.30. The molecule has 2 heterocycles. The second-order valence-corrected chi connectivity index (χ2v) is 12.3. The van der Waals surface area contributed by atoms with E-state index in [1.165, 1.54) is 29.0 Å². The molecule has 0 aliphatic heterocycles. The Balaban J connectivity index is 1.59. The molecule has 9 nitrogen and oxygen atoms in total. The first-order chi connectivity index (χ1) is 23.1. The zero-order chi connectivity index (χ0) is 33.9. The Morgan fingerprint density at radius 3 is 2.06 bits per heavy atom. The number of nitrogens with one attached hydrogen (secondary N) is 1. The highest BCUT2D eigenvalue weighted by Crippen LogP contribution is 2.38. The summed E-state index contributed by atoms with van der Waals surface area (Å²) < 4.78 is 32.3.